The molecule has 160 valence electrons. The lowest BCUT2D eigenvalue weighted by molar-refractivity contribution is -0.145. The smallest absolute Gasteiger partial charge is 0.273 e. The van der Waals surface area contributed by atoms with Crippen molar-refractivity contribution in [2.45, 2.75) is 47.1 Å². The summed E-state index contributed by atoms with van der Waals surface area (Å²) in [7, 11) is 0. The van der Waals surface area contributed by atoms with E-state index in [1.165, 1.54) is 0 Å². The Morgan fingerprint density at radius 3 is 2.50 bits per heavy atom. The number of ether oxygens (including phenoxy) is 2. The van der Waals surface area contributed by atoms with Crippen molar-refractivity contribution in [3.05, 3.63) is 59.2 Å². The number of hydrogen-bond acceptors (Lipinski definition) is 6. The number of amides is 1. The van der Waals surface area contributed by atoms with Crippen LogP contribution in [0.5, 0.6) is 0 Å². The van der Waals surface area contributed by atoms with Gasteiger partial charge in [-0.2, -0.15) is 5.10 Å². The molecule has 0 unspecified atom stereocenters. The van der Waals surface area contributed by atoms with Crippen LogP contribution in [0.1, 0.15) is 41.3 Å². The zero-order valence-electron chi connectivity index (χ0n) is 17.8. The number of carbonyl (C=O) groups excluding carboxylic acids is 1. The number of rotatable bonds is 10. The summed E-state index contributed by atoms with van der Waals surface area (Å²) < 4.78 is 14.4. The van der Waals surface area contributed by atoms with Crippen LogP contribution < -0.4 is 5.32 Å². The average molecular weight is 412 g/mol. The predicted molar refractivity (Wildman–Crippen MR) is 111 cm³/mol. The van der Waals surface area contributed by atoms with E-state index in [1.807, 2.05) is 62.7 Å². The lowest BCUT2D eigenvalue weighted by atomic mass is 10.2. The van der Waals surface area contributed by atoms with Crippen molar-refractivity contribution in [1.29, 1.82) is 0 Å². The van der Waals surface area contributed by atoms with Gasteiger partial charge >= 0.3 is 0 Å². The van der Waals surface area contributed by atoms with Crippen LogP contribution in [0.2, 0.25) is 0 Å². The minimum atomic E-state index is -0.424. The summed E-state index contributed by atoms with van der Waals surface area (Å²) in [6, 6.07) is 9.90. The quantitative estimate of drug-likeness (QED) is 0.514. The van der Waals surface area contributed by atoms with Crippen molar-refractivity contribution in [2.24, 2.45) is 0 Å². The first-order valence-electron chi connectivity index (χ1n) is 10.1. The Morgan fingerprint density at radius 1 is 1.13 bits per heavy atom. The van der Waals surface area contributed by atoms with Gasteiger partial charge in [-0.1, -0.05) is 23.4 Å². The van der Waals surface area contributed by atoms with E-state index in [2.05, 4.69) is 20.7 Å². The Labute approximate surface area is 176 Å². The van der Waals surface area contributed by atoms with Crippen molar-refractivity contribution in [3.8, 4) is 5.69 Å². The van der Waals surface area contributed by atoms with Gasteiger partial charge in [0.25, 0.3) is 5.91 Å². The first-order valence-corrected chi connectivity index (χ1v) is 10.1. The molecular weight excluding hydrogens is 384 g/mol. The molecule has 0 spiro atoms. The van der Waals surface area contributed by atoms with E-state index in [0.717, 1.165) is 22.6 Å². The summed E-state index contributed by atoms with van der Waals surface area (Å²) in [6.45, 7) is 9.51. The number of hydrogen-bond donors (Lipinski definition) is 1. The Kier molecular flexibility index (Phi) is 7.31. The fourth-order valence-electron chi connectivity index (χ4n) is 3.18. The number of para-hydroxylation sites is 1. The van der Waals surface area contributed by atoms with Crippen molar-refractivity contribution < 1.29 is 14.3 Å². The average Bonchev–Trinajstić information content (AvgIpc) is 3.32. The SMILES string of the molecule is CCOC(Cn1cc(C(=O)NCc2c(C)nn(-c3ccccc3)c2C)nn1)OCC. The van der Waals surface area contributed by atoms with Crippen molar-refractivity contribution in [3.63, 3.8) is 0 Å². The molecule has 0 aliphatic heterocycles. The van der Waals surface area contributed by atoms with Crippen molar-refractivity contribution in [1.82, 2.24) is 30.1 Å². The van der Waals surface area contributed by atoms with Crippen LogP contribution in [0.15, 0.2) is 36.5 Å². The highest BCUT2D eigenvalue weighted by atomic mass is 16.7. The Balaban J connectivity index is 1.64. The molecule has 3 aromatic rings. The standard InChI is InChI=1S/C21H28N6O3/c1-5-29-20(30-6-2)14-26-13-19(23-25-26)21(28)22-12-18-15(3)24-27(16(18)4)17-10-8-7-9-11-17/h7-11,13,20H,5-6,12,14H2,1-4H3,(H,22,28). The Bertz CT molecular complexity index is 961. The van der Waals surface area contributed by atoms with E-state index in [0.29, 0.717) is 26.3 Å². The maximum atomic E-state index is 12.6. The van der Waals surface area contributed by atoms with Gasteiger partial charge < -0.3 is 14.8 Å². The summed E-state index contributed by atoms with van der Waals surface area (Å²) in [4.78, 5) is 12.6. The van der Waals surface area contributed by atoms with Crippen LogP contribution in [0.25, 0.3) is 5.69 Å². The molecule has 1 N–H and O–H groups in total. The first-order chi connectivity index (χ1) is 14.5. The molecule has 9 nitrogen and oxygen atoms in total. The van der Waals surface area contributed by atoms with Crippen molar-refractivity contribution >= 4 is 5.91 Å². The fourth-order valence-corrected chi connectivity index (χ4v) is 3.18. The van der Waals surface area contributed by atoms with Gasteiger partial charge in [0.2, 0.25) is 0 Å². The minimum absolute atomic E-state index is 0.243. The Hall–Kier alpha value is -3.04. The molecule has 1 amide bonds. The highest BCUT2D eigenvalue weighted by Crippen LogP contribution is 2.17. The molecule has 9 heteroatoms. The van der Waals surface area contributed by atoms with E-state index >= 15 is 0 Å². The number of benzene rings is 1. The van der Waals surface area contributed by atoms with Gasteiger partial charge in [-0.15, -0.1) is 5.10 Å². The van der Waals surface area contributed by atoms with Gasteiger partial charge in [-0.05, 0) is 39.8 Å². The van der Waals surface area contributed by atoms with E-state index < -0.39 is 6.29 Å². The molecule has 0 aliphatic rings. The van der Waals surface area contributed by atoms with E-state index in [1.54, 1.807) is 10.9 Å². The van der Waals surface area contributed by atoms with Gasteiger partial charge in [-0.3, -0.25) is 4.79 Å². The number of carbonyl (C=O) groups is 1. The third-order valence-corrected chi connectivity index (χ3v) is 4.68. The highest BCUT2D eigenvalue weighted by Gasteiger charge is 2.17. The summed E-state index contributed by atoms with van der Waals surface area (Å²) in [5.74, 6) is -0.295. The van der Waals surface area contributed by atoms with Crippen LogP contribution in [-0.2, 0) is 22.6 Å². The minimum Gasteiger partial charge on any atom is -0.351 e. The second-order valence-corrected chi connectivity index (χ2v) is 6.75. The summed E-state index contributed by atoms with van der Waals surface area (Å²) >= 11 is 0. The third-order valence-electron chi connectivity index (χ3n) is 4.68. The van der Waals surface area contributed by atoms with Gasteiger partial charge in [0.1, 0.15) is 0 Å². The van der Waals surface area contributed by atoms with Crippen LogP contribution in [0, 0.1) is 13.8 Å². The number of aromatic nitrogens is 5. The van der Waals surface area contributed by atoms with E-state index in [4.69, 9.17) is 9.47 Å². The predicted octanol–water partition coefficient (Wildman–Crippen LogP) is 2.41. The van der Waals surface area contributed by atoms with Gasteiger partial charge in [0, 0.05) is 31.0 Å². The molecule has 0 atom stereocenters. The summed E-state index contributed by atoms with van der Waals surface area (Å²) in [5, 5.41) is 15.5. The van der Waals surface area contributed by atoms with Crippen LogP contribution in [0.4, 0.5) is 0 Å². The molecule has 3 rings (SSSR count). The second-order valence-electron chi connectivity index (χ2n) is 6.75. The summed E-state index contributed by atoms with van der Waals surface area (Å²) in [6.07, 6.45) is 1.17. The molecule has 0 fully saturated rings. The van der Waals surface area contributed by atoms with Crippen LogP contribution in [0.3, 0.4) is 0 Å². The van der Waals surface area contributed by atoms with Gasteiger partial charge in [0.05, 0.1) is 24.1 Å². The fraction of sp³-hybridized carbons (Fsp3) is 0.429. The molecule has 0 saturated carbocycles. The van der Waals surface area contributed by atoms with E-state index in [-0.39, 0.29) is 11.6 Å². The number of nitrogens with one attached hydrogen (secondary N) is 1. The monoisotopic (exact) mass is 412 g/mol. The molecule has 2 aromatic heterocycles. The molecular formula is C21H28N6O3. The normalized spacial score (nSPS) is 11.2. The molecule has 0 bridgehead atoms. The van der Waals surface area contributed by atoms with Gasteiger partial charge in [-0.25, -0.2) is 9.36 Å². The number of aryl methyl sites for hydroxylation is 1. The molecule has 0 saturated heterocycles. The molecule has 2 heterocycles. The Morgan fingerprint density at radius 2 is 1.83 bits per heavy atom. The lowest BCUT2D eigenvalue weighted by Crippen LogP contribution is -2.24. The first kappa shape index (κ1) is 21.7. The van der Waals surface area contributed by atoms with Gasteiger partial charge in [0.15, 0.2) is 12.0 Å². The number of nitrogens with zero attached hydrogens (tertiary/aromatic N) is 5. The molecule has 0 radical (unpaired) electrons. The highest BCUT2D eigenvalue weighted by molar-refractivity contribution is 5.91. The third kappa shape index (κ3) is 5.11. The van der Waals surface area contributed by atoms with Crippen LogP contribution >= 0.6 is 0 Å². The lowest BCUT2D eigenvalue weighted by Gasteiger charge is -2.16. The zero-order chi connectivity index (χ0) is 21.5. The topological polar surface area (TPSA) is 96.1 Å². The maximum absolute atomic E-state index is 12.6. The second kappa shape index (κ2) is 10.1. The van der Waals surface area contributed by atoms with Crippen LogP contribution in [-0.4, -0.2) is 50.2 Å². The largest absolute Gasteiger partial charge is 0.351 e. The van der Waals surface area contributed by atoms with Crippen molar-refractivity contribution in [2.75, 3.05) is 13.2 Å². The summed E-state index contributed by atoms with van der Waals surface area (Å²) in [5.41, 5.74) is 4.06. The maximum Gasteiger partial charge on any atom is 0.273 e. The molecule has 0 aliphatic carbocycles. The zero-order valence-corrected chi connectivity index (χ0v) is 17.8. The molecule has 30 heavy (non-hydrogen) atoms. The van der Waals surface area contributed by atoms with E-state index in [9.17, 15) is 4.79 Å². The molecule has 1 aromatic carbocycles.